The van der Waals surface area contributed by atoms with Crippen molar-refractivity contribution in [1.82, 2.24) is 0 Å². The van der Waals surface area contributed by atoms with Crippen molar-refractivity contribution in [3.8, 4) is 0 Å². The number of hydrogen-bond donors (Lipinski definition) is 1. The third-order valence-electron chi connectivity index (χ3n) is 3.08. The summed E-state index contributed by atoms with van der Waals surface area (Å²) in [5.74, 6) is 0.514. The smallest absolute Gasteiger partial charge is 0.330 e. The molecule has 1 aromatic rings. The monoisotopic (exact) mass is 299 g/mol. The lowest BCUT2D eigenvalue weighted by Gasteiger charge is -2.22. The maximum absolute atomic E-state index is 8.12. The molecule has 114 valence electrons. The largest absolute Gasteiger partial charge is 0.373 e. The maximum Gasteiger partial charge on any atom is 0.373 e. The van der Waals surface area contributed by atoms with Gasteiger partial charge in [0.15, 0.2) is 0 Å². The van der Waals surface area contributed by atoms with E-state index in [-0.39, 0.29) is 18.6 Å². The molecule has 1 atom stereocenters. The van der Waals surface area contributed by atoms with Crippen molar-refractivity contribution in [2.75, 3.05) is 6.54 Å². The molecule has 1 rings (SSSR count). The molecule has 1 aromatic carbocycles. The third kappa shape index (κ3) is 9.74. The minimum atomic E-state index is 0. The molecule has 3 nitrogen and oxygen atoms in total. The van der Waals surface area contributed by atoms with Crippen molar-refractivity contribution >= 4 is 18.6 Å². The summed E-state index contributed by atoms with van der Waals surface area (Å²) in [4.78, 5) is 16.2. The second-order valence-electron chi connectivity index (χ2n) is 6.03. The minimum absolute atomic E-state index is 0. The van der Waals surface area contributed by atoms with E-state index in [1.807, 2.05) is 0 Å². The van der Waals surface area contributed by atoms with E-state index in [2.05, 4.69) is 52.0 Å². The molecule has 0 aromatic heterocycles. The minimum Gasteiger partial charge on any atom is -0.330 e. The summed E-state index contributed by atoms with van der Waals surface area (Å²) in [6.07, 6.45) is 2.66. The molecule has 0 saturated carbocycles. The first-order valence-corrected chi connectivity index (χ1v) is 6.60. The summed E-state index contributed by atoms with van der Waals surface area (Å²) in [6, 6.07) is 8.79. The van der Waals surface area contributed by atoms with E-state index in [0.29, 0.717) is 11.3 Å². The van der Waals surface area contributed by atoms with Crippen LogP contribution in [0.25, 0.3) is 0 Å². The van der Waals surface area contributed by atoms with Gasteiger partial charge in [-0.25, -0.2) is 0 Å². The Kier molecular flexibility index (Phi) is 11.2. The van der Waals surface area contributed by atoms with Crippen LogP contribution in [0.5, 0.6) is 0 Å². The van der Waals surface area contributed by atoms with Gasteiger partial charge >= 0.3 is 6.15 Å². The van der Waals surface area contributed by atoms with Gasteiger partial charge in [-0.15, -0.1) is 12.4 Å². The summed E-state index contributed by atoms with van der Waals surface area (Å²) < 4.78 is 0. The zero-order chi connectivity index (χ0) is 14.9. The lowest BCUT2D eigenvalue weighted by atomic mass is 9.84. The number of halogens is 1. The average Bonchev–Trinajstić information content (AvgIpc) is 2.32. The predicted octanol–water partition coefficient (Wildman–Crippen LogP) is 3.70. The molecule has 0 aliphatic rings. The SMILES string of the molecule is Cc1ccc(C(CN)CCC(C)(C)C)cc1.Cl.O=C=O. The van der Waals surface area contributed by atoms with Crippen molar-refractivity contribution in [2.45, 2.75) is 46.5 Å². The molecule has 0 saturated heterocycles. The van der Waals surface area contributed by atoms with Gasteiger partial charge in [-0.3, -0.25) is 0 Å². The summed E-state index contributed by atoms with van der Waals surface area (Å²) in [6.45, 7) is 9.73. The Balaban J connectivity index is 0. The van der Waals surface area contributed by atoms with Gasteiger partial charge in [-0.2, -0.15) is 9.59 Å². The van der Waals surface area contributed by atoms with Crippen LogP contribution < -0.4 is 5.73 Å². The summed E-state index contributed by atoms with van der Waals surface area (Å²) >= 11 is 0. The van der Waals surface area contributed by atoms with Gasteiger partial charge < -0.3 is 5.73 Å². The van der Waals surface area contributed by atoms with Crippen molar-refractivity contribution in [1.29, 1.82) is 0 Å². The number of benzene rings is 1. The second kappa shape index (κ2) is 10.6. The van der Waals surface area contributed by atoms with Crippen LogP contribution in [0.2, 0.25) is 0 Å². The van der Waals surface area contributed by atoms with E-state index in [0.717, 1.165) is 6.54 Å². The van der Waals surface area contributed by atoms with Crippen molar-refractivity contribution in [2.24, 2.45) is 11.1 Å². The number of nitrogens with two attached hydrogens (primary N) is 1. The van der Waals surface area contributed by atoms with E-state index >= 15 is 0 Å². The van der Waals surface area contributed by atoms with E-state index in [1.165, 1.54) is 24.0 Å². The second-order valence-corrected chi connectivity index (χ2v) is 6.03. The van der Waals surface area contributed by atoms with Crippen LogP contribution >= 0.6 is 12.4 Å². The normalized spacial score (nSPS) is 11.4. The highest BCUT2D eigenvalue weighted by molar-refractivity contribution is 5.85. The highest BCUT2D eigenvalue weighted by Crippen LogP contribution is 2.28. The van der Waals surface area contributed by atoms with E-state index in [9.17, 15) is 0 Å². The Morgan fingerprint density at radius 2 is 1.60 bits per heavy atom. The zero-order valence-electron chi connectivity index (χ0n) is 12.8. The van der Waals surface area contributed by atoms with Gasteiger partial charge in [-0.1, -0.05) is 50.6 Å². The predicted molar refractivity (Wildman–Crippen MR) is 83.9 cm³/mol. The first-order chi connectivity index (χ1) is 8.84. The zero-order valence-corrected chi connectivity index (χ0v) is 13.6. The van der Waals surface area contributed by atoms with Crippen molar-refractivity contribution in [3.63, 3.8) is 0 Å². The topological polar surface area (TPSA) is 60.2 Å². The Labute approximate surface area is 128 Å². The number of hydrogen-bond acceptors (Lipinski definition) is 3. The Bertz CT molecular complexity index is 390. The Morgan fingerprint density at radius 1 is 1.15 bits per heavy atom. The lowest BCUT2D eigenvalue weighted by molar-refractivity contribution is -0.191. The molecule has 20 heavy (non-hydrogen) atoms. The van der Waals surface area contributed by atoms with Gasteiger partial charge in [0.05, 0.1) is 0 Å². The quantitative estimate of drug-likeness (QED) is 0.922. The number of aryl methyl sites for hydroxylation is 1. The molecule has 2 N–H and O–H groups in total. The van der Waals surface area contributed by atoms with E-state index in [1.54, 1.807) is 0 Å². The first kappa shape index (κ1) is 21.2. The van der Waals surface area contributed by atoms with Crippen LogP contribution in [0.1, 0.15) is 50.7 Å². The van der Waals surface area contributed by atoms with E-state index in [4.69, 9.17) is 15.3 Å². The van der Waals surface area contributed by atoms with Gasteiger partial charge in [-0.05, 0) is 43.2 Å². The fourth-order valence-electron chi connectivity index (χ4n) is 1.87. The van der Waals surface area contributed by atoms with Crippen LogP contribution in [-0.4, -0.2) is 12.7 Å². The summed E-state index contributed by atoms with van der Waals surface area (Å²) in [5.41, 5.74) is 8.97. The molecule has 1 unspecified atom stereocenters. The van der Waals surface area contributed by atoms with Crippen LogP contribution in [-0.2, 0) is 9.59 Å². The summed E-state index contributed by atoms with van der Waals surface area (Å²) in [5, 5.41) is 0. The molecule has 0 spiro atoms. The van der Waals surface area contributed by atoms with Gasteiger partial charge in [0.25, 0.3) is 0 Å². The molecule has 0 amide bonds. The standard InChI is InChI=1S/C15H25N.CO2.ClH/c1-12-5-7-13(8-6-12)14(11-16)9-10-15(2,3)4;2-1-3;/h5-8,14H,9-11,16H2,1-4H3;;1H. The number of rotatable bonds is 4. The van der Waals surface area contributed by atoms with Crippen LogP contribution in [0.4, 0.5) is 0 Å². The fourth-order valence-corrected chi connectivity index (χ4v) is 1.87. The Morgan fingerprint density at radius 3 is 1.95 bits per heavy atom. The van der Waals surface area contributed by atoms with Crippen molar-refractivity contribution < 1.29 is 9.59 Å². The van der Waals surface area contributed by atoms with Gasteiger partial charge in [0, 0.05) is 0 Å². The molecule has 0 fully saturated rings. The maximum atomic E-state index is 8.12. The van der Waals surface area contributed by atoms with Gasteiger partial charge in [0.1, 0.15) is 0 Å². The highest BCUT2D eigenvalue weighted by Gasteiger charge is 2.15. The highest BCUT2D eigenvalue weighted by atomic mass is 35.5. The van der Waals surface area contributed by atoms with Crippen LogP contribution in [0.3, 0.4) is 0 Å². The fraction of sp³-hybridized carbons (Fsp3) is 0.562. The van der Waals surface area contributed by atoms with Crippen LogP contribution in [0.15, 0.2) is 24.3 Å². The molecular formula is C16H26ClNO2. The Hall–Kier alpha value is -1.15. The molecule has 0 radical (unpaired) electrons. The number of carbonyl (C=O) groups excluding carboxylic acids is 2. The van der Waals surface area contributed by atoms with Crippen molar-refractivity contribution in [3.05, 3.63) is 35.4 Å². The lowest BCUT2D eigenvalue weighted by Crippen LogP contribution is -2.15. The average molecular weight is 300 g/mol. The first-order valence-electron chi connectivity index (χ1n) is 6.60. The molecule has 0 heterocycles. The molecule has 0 aliphatic carbocycles. The summed E-state index contributed by atoms with van der Waals surface area (Å²) in [7, 11) is 0. The molecular weight excluding hydrogens is 274 g/mol. The van der Waals surface area contributed by atoms with Crippen LogP contribution in [0, 0.1) is 12.3 Å². The molecule has 0 aliphatic heterocycles. The van der Waals surface area contributed by atoms with E-state index < -0.39 is 0 Å². The molecule has 0 bridgehead atoms. The third-order valence-corrected chi connectivity index (χ3v) is 3.08. The molecule has 4 heteroatoms. The van der Waals surface area contributed by atoms with Gasteiger partial charge in [0.2, 0.25) is 0 Å².